The Morgan fingerprint density at radius 1 is 1.57 bits per heavy atom. The number of hydrogen-bond donors (Lipinski definition) is 1. The molecule has 80 valence electrons. The Bertz CT molecular complexity index is 270. The predicted molar refractivity (Wildman–Crippen MR) is 62.7 cm³/mol. The van der Waals surface area contributed by atoms with E-state index in [4.69, 9.17) is 0 Å². The minimum absolute atomic E-state index is 0.903. The maximum Gasteiger partial charge on any atom is 0.105 e. The maximum atomic E-state index is 4.33. The van der Waals surface area contributed by atoms with Crippen molar-refractivity contribution in [1.29, 1.82) is 0 Å². The van der Waals surface area contributed by atoms with E-state index >= 15 is 0 Å². The molecule has 1 heterocycles. The second-order valence-electron chi connectivity index (χ2n) is 3.33. The Morgan fingerprint density at radius 2 is 2.36 bits per heavy atom. The average Bonchev–Trinajstić information content (AvgIpc) is 2.50. The van der Waals surface area contributed by atoms with Crippen LogP contribution in [0.15, 0.2) is 6.20 Å². The molecule has 0 aliphatic heterocycles. The molecule has 0 spiro atoms. The molecule has 3 nitrogen and oxygen atoms in total. The Kier molecular flexibility index (Phi) is 5.04. The third-order valence-electron chi connectivity index (χ3n) is 2.23. The zero-order chi connectivity index (χ0) is 10.4. The van der Waals surface area contributed by atoms with Crippen molar-refractivity contribution in [2.75, 3.05) is 19.1 Å². The SMILES string of the molecule is CNCc1cnc(C)n1CCCSC. The molecule has 0 radical (unpaired) electrons. The van der Waals surface area contributed by atoms with Gasteiger partial charge in [0.1, 0.15) is 5.82 Å². The molecule has 0 bridgehead atoms. The summed E-state index contributed by atoms with van der Waals surface area (Å²) in [6.45, 7) is 4.06. The fraction of sp³-hybridized carbons (Fsp3) is 0.700. The maximum absolute atomic E-state index is 4.33. The van der Waals surface area contributed by atoms with Crippen LogP contribution in [0.3, 0.4) is 0 Å². The van der Waals surface area contributed by atoms with Crippen LogP contribution in [0.1, 0.15) is 17.9 Å². The van der Waals surface area contributed by atoms with E-state index in [0.29, 0.717) is 0 Å². The van der Waals surface area contributed by atoms with Crippen molar-refractivity contribution in [3.8, 4) is 0 Å². The summed E-state index contributed by atoms with van der Waals surface area (Å²) < 4.78 is 2.30. The molecule has 0 atom stereocenters. The second-order valence-corrected chi connectivity index (χ2v) is 4.31. The molecule has 0 fully saturated rings. The molecule has 0 unspecified atom stereocenters. The van der Waals surface area contributed by atoms with Crippen LogP contribution in [-0.4, -0.2) is 28.6 Å². The van der Waals surface area contributed by atoms with E-state index in [1.807, 2.05) is 25.0 Å². The fourth-order valence-corrected chi connectivity index (χ4v) is 1.93. The molecule has 0 aromatic carbocycles. The van der Waals surface area contributed by atoms with Gasteiger partial charge in [-0.25, -0.2) is 4.98 Å². The highest BCUT2D eigenvalue weighted by Gasteiger charge is 2.04. The van der Waals surface area contributed by atoms with Gasteiger partial charge in [-0.05, 0) is 32.4 Å². The molecule has 1 aromatic rings. The first kappa shape index (κ1) is 11.6. The highest BCUT2D eigenvalue weighted by atomic mass is 32.2. The average molecular weight is 213 g/mol. The molecule has 0 aliphatic rings. The fourth-order valence-electron chi connectivity index (χ4n) is 1.51. The van der Waals surface area contributed by atoms with Crippen LogP contribution in [0.2, 0.25) is 0 Å². The molecule has 0 saturated heterocycles. The summed E-state index contributed by atoms with van der Waals surface area (Å²) in [4.78, 5) is 4.33. The second kappa shape index (κ2) is 6.09. The standard InChI is InChI=1S/C10H19N3S/c1-9-12-8-10(7-11-2)13(9)5-4-6-14-3/h8,11H,4-7H2,1-3H3. The van der Waals surface area contributed by atoms with Crippen LogP contribution in [0.5, 0.6) is 0 Å². The Hall–Kier alpha value is -0.480. The first-order valence-electron chi connectivity index (χ1n) is 4.94. The molecule has 14 heavy (non-hydrogen) atoms. The van der Waals surface area contributed by atoms with E-state index in [1.165, 1.54) is 17.9 Å². The van der Waals surface area contributed by atoms with Gasteiger partial charge in [0.15, 0.2) is 0 Å². The lowest BCUT2D eigenvalue weighted by Crippen LogP contribution is -2.12. The summed E-state index contributed by atoms with van der Waals surface area (Å²) in [5.41, 5.74) is 1.28. The number of aromatic nitrogens is 2. The summed E-state index contributed by atoms with van der Waals surface area (Å²) in [6.07, 6.45) is 5.33. The van der Waals surface area contributed by atoms with Gasteiger partial charge in [0.05, 0.1) is 5.69 Å². The van der Waals surface area contributed by atoms with Gasteiger partial charge in [0.25, 0.3) is 0 Å². The van der Waals surface area contributed by atoms with Crippen LogP contribution in [0, 0.1) is 6.92 Å². The molecular weight excluding hydrogens is 194 g/mol. The van der Waals surface area contributed by atoms with Crippen molar-refractivity contribution < 1.29 is 0 Å². The van der Waals surface area contributed by atoms with Gasteiger partial charge in [0.2, 0.25) is 0 Å². The van der Waals surface area contributed by atoms with Crippen molar-refractivity contribution >= 4 is 11.8 Å². The van der Waals surface area contributed by atoms with E-state index in [9.17, 15) is 0 Å². The van der Waals surface area contributed by atoms with Gasteiger partial charge >= 0.3 is 0 Å². The van der Waals surface area contributed by atoms with Gasteiger partial charge in [-0.15, -0.1) is 0 Å². The van der Waals surface area contributed by atoms with Crippen molar-refractivity contribution in [3.63, 3.8) is 0 Å². The highest BCUT2D eigenvalue weighted by Crippen LogP contribution is 2.07. The number of imidazole rings is 1. The number of thioether (sulfide) groups is 1. The van der Waals surface area contributed by atoms with Crippen LogP contribution in [0.25, 0.3) is 0 Å². The molecule has 0 aliphatic carbocycles. The van der Waals surface area contributed by atoms with Gasteiger partial charge in [-0.1, -0.05) is 0 Å². The molecule has 1 N–H and O–H groups in total. The number of hydrogen-bond acceptors (Lipinski definition) is 3. The largest absolute Gasteiger partial charge is 0.331 e. The van der Waals surface area contributed by atoms with Crippen LogP contribution >= 0.6 is 11.8 Å². The molecular formula is C10H19N3S. The van der Waals surface area contributed by atoms with Crippen molar-refractivity contribution in [2.45, 2.75) is 26.4 Å². The lowest BCUT2D eigenvalue weighted by Gasteiger charge is -2.09. The van der Waals surface area contributed by atoms with E-state index < -0.39 is 0 Å². The van der Waals surface area contributed by atoms with Gasteiger partial charge < -0.3 is 9.88 Å². The van der Waals surface area contributed by atoms with Gasteiger partial charge in [-0.2, -0.15) is 11.8 Å². The summed E-state index contributed by atoms with van der Waals surface area (Å²) in [6, 6.07) is 0. The minimum atomic E-state index is 0.903. The summed E-state index contributed by atoms with van der Waals surface area (Å²) in [7, 11) is 1.97. The predicted octanol–water partition coefficient (Wildman–Crippen LogP) is 1.66. The number of nitrogens with one attached hydrogen (secondary N) is 1. The third-order valence-corrected chi connectivity index (χ3v) is 2.92. The minimum Gasteiger partial charge on any atom is -0.331 e. The molecule has 0 saturated carbocycles. The lowest BCUT2D eigenvalue weighted by atomic mass is 10.4. The summed E-state index contributed by atoms with van der Waals surface area (Å²) >= 11 is 1.90. The monoisotopic (exact) mass is 213 g/mol. The highest BCUT2D eigenvalue weighted by molar-refractivity contribution is 7.98. The van der Waals surface area contributed by atoms with Crippen molar-refractivity contribution in [3.05, 3.63) is 17.7 Å². The van der Waals surface area contributed by atoms with Crippen LogP contribution < -0.4 is 5.32 Å². The number of aryl methyl sites for hydroxylation is 1. The molecule has 0 amide bonds. The third kappa shape index (κ3) is 3.03. The summed E-state index contributed by atoms with van der Waals surface area (Å²) in [5, 5.41) is 3.16. The van der Waals surface area contributed by atoms with Crippen molar-refractivity contribution in [1.82, 2.24) is 14.9 Å². The first-order valence-corrected chi connectivity index (χ1v) is 6.33. The smallest absolute Gasteiger partial charge is 0.105 e. The molecule has 1 aromatic heterocycles. The molecule has 1 rings (SSSR count). The molecule has 4 heteroatoms. The van der Waals surface area contributed by atoms with E-state index in [0.717, 1.165) is 18.9 Å². The zero-order valence-electron chi connectivity index (χ0n) is 9.21. The van der Waals surface area contributed by atoms with E-state index in [-0.39, 0.29) is 0 Å². The van der Waals surface area contributed by atoms with Crippen LogP contribution in [0.4, 0.5) is 0 Å². The topological polar surface area (TPSA) is 29.9 Å². The van der Waals surface area contributed by atoms with E-state index in [1.54, 1.807) is 0 Å². The lowest BCUT2D eigenvalue weighted by molar-refractivity contribution is 0.614. The Morgan fingerprint density at radius 3 is 3.00 bits per heavy atom. The van der Waals surface area contributed by atoms with Crippen molar-refractivity contribution in [2.24, 2.45) is 0 Å². The van der Waals surface area contributed by atoms with Crippen LogP contribution in [-0.2, 0) is 13.1 Å². The number of nitrogens with zero attached hydrogens (tertiary/aromatic N) is 2. The Labute approximate surface area is 90.3 Å². The first-order chi connectivity index (χ1) is 6.79. The van der Waals surface area contributed by atoms with E-state index in [2.05, 4.69) is 28.0 Å². The van der Waals surface area contributed by atoms with Gasteiger partial charge in [-0.3, -0.25) is 0 Å². The number of rotatable bonds is 6. The zero-order valence-corrected chi connectivity index (χ0v) is 10.0. The van der Waals surface area contributed by atoms with Gasteiger partial charge in [0, 0.05) is 19.3 Å². The Balaban J connectivity index is 2.57. The quantitative estimate of drug-likeness (QED) is 0.729. The summed E-state index contributed by atoms with van der Waals surface area (Å²) in [5.74, 6) is 2.34. The normalized spacial score (nSPS) is 10.8.